The van der Waals surface area contributed by atoms with Crippen LogP contribution in [0.25, 0.3) is 0 Å². The molecule has 0 aromatic carbocycles. The van der Waals surface area contributed by atoms with Gasteiger partial charge in [-0.15, -0.1) is 0 Å². The molecule has 4 fully saturated rings. The van der Waals surface area contributed by atoms with E-state index >= 15 is 0 Å². The highest BCUT2D eigenvalue weighted by atomic mass is 16.3. The number of fused-ring (bicyclic) bond motifs is 5. The van der Waals surface area contributed by atoms with Crippen LogP contribution in [0.1, 0.15) is 71.6 Å². The van der Waals surface area contributed by atoms with Crippen LogP contribution in [0.15, 0.2) is 0 Å². The highest BCUT2D eigenvalue weighted by molar-refractivity contribution is 5.10. The van der Waals surface area contributed by atoms with Crippen molar-refractivity contribution < 1.29 is 15.3 Å². The first-order valence-corrected chi connectivity index (χ1v) is 10.4. The van der Waals surface area contributed by atoms with Gasteiger partial charge in [0.15, 0.2) is 0 Å². The topological polar surface area (TPSA) is 60.7 Å². The van der Waals surface area contributed by atoms with E-state index in [2.05, 4.69) is 13.8 Å². The minimum atomic E-state index is -0.534. The lowest BCUT2D eigenvalue weighted by Crippen LogP contribution is -2.54. The van der Waals surface area contributed by atoms with E-state index in [-0.39, 0.29) is 24.0 Å². The summed E-state index contributed by atoms with van der Waals surface area (Å²) in [5.74, 6) is 3.34. The molecule has 24 heavy (non-hydrogen) atoms. The molecular formula is C21H36O3. The van der Waals surface area contributed by atoms with Crippen LogP contribution in [0.4, 0.5) is 0 Å². The van der Waals surface area contributed by atoms with Gasteiger partial charge in [0, 0.05) is 0 Å². The second-order valence-electron chi connectivity index (χ2n) is 10.1. The minimum absolute atomic E-state index is 0.0657. The Morgan fingerprint density at radius 2 is 1.62 bits per heavy atom. The van der Waals surface area contributed by atoms with Gasteiger partial charge in [-0.2, -0.15) is 0 Å². The molecule has 3 heteroatoms. The van der Waals surface area contributed by atoms with Gasteiger partial charge in [-0.3, -0.25) is 0 Å². The Kier molecular flexibility index (Phi) is 4.29. The van der Waals surface area contributed by atoms with Crippen LogP contribution in [0.2, 0.25) is 0 Å². The first-order valence-electron chi connectivity index (χ1n) is 10.4. The summed E-state index contributed by atoms with van der Waals surface area (Å²) >= 11 is 0. The predicted octanol–water partition coefficient (Wildman–Crippen LogP) is 3.36. The van der Waals surface area contributed by atoms with Gasteiger partial charge in [0.1, 0.15) is 0 Å². The van der Waals surface area contributed by atoms with Gasteiger partial charge in [0.2, 0.25) is 0 Å². The molecule has 138 valence electrons. The van der Waals surface area contributed by atoms with Crippen molar-refractivity contribution in [2.75, 3.05) is 6.61 Å². The Balaban J connectivity index is 1.59. The molecule has 3 N–H and O–H groups in total. The fourth-order valence-electron chi connectivity index (χ4n) is 8.04. The van der Waals surface area contributed by atoms with E-state index in [9.17, 15) is 15.3 Å². The fourth-order valence-corrected chi connectivity index (χ4v) is 8.04. The van der Waals surface area contributed by atoms with Crippen molar-refractivity contribution in [1.82, 2.24) is 0 Å². The van der Waals surface area contributed by atoms with Crippen molar-refractivity contribution in [2.24, 2.45) is 40.4 Å². The van der Waals surface area contributed by atoms with Gasteiger partial charge in [-0.1, -0.05) is 13.8 Å². The van der Waals surface area contributed by atoms with Crippen molar-refractivity contribution in [3.8, 4) is 0 Å². The molecule has 4 aliphatic rings. The van der Waals surface area contributed by atoms with Gasteiger partial charge in [0.25, 0.3) is 0 Å². The molecular weight excluding hydrogens is 300 g/mol. The average Bonchev–Trinajstić information content (AvgIpc) is 2.92. The average molecular weight is 337 g/mol. The molecule has 0 aromatic rings. The lowest BCUT2D eigenvalue weighted by molar-refractivity contribution is -0.134. The quantitative estimate of drug-likeness (QED) is 0.724. The first-order chi connectivity index (χ1) is 11.4. The standard InChI is InChI=1S/C21H36O3/c1-20-9-7-14(23)11-13(20)3-4-15-16-5-6-18(19(24)12-22)21(16,2)10-8-17(15)20/h13-19,22-24H,3-12H2,1-2H3/t13-,14+,15-,16-,17-,18+,19+,20-,21-/m0/s1. The molecule has 3 nitrogen and oxygen atoms in total. The van der Waals surface area contributed by atoms with Crippen LogP contribution in [-0.2, 0) is 0 Å². The van der Waals surface area contributed by atoms with Gasteiger partial charge >= 0.3 is 0 Å². The molecule has 0 amide bonds. The molecule has 4 aliphatic carbocycles. The molecule has 0 spiro atoms. The summed E-state index contributed by atoms with van der Waals surface area (Å²) in [5, 5.41) is 29.9. The molecule has 0 heterocycles. The van der Waals surface area contributed by atoms with Crippen molar-refractivity contribution in [3.63, 3.8) is 0 Å². The number of hydrogen-bond donors (Lipinski definition) is 3. The van der Waals surface area contributed by atoms with Crippen molar-refractivity contribution in [1.29, 1.82) is 0 Å². The van der Waals surface area contributed by atoms with Gasteiger partial charge in [0.05, 0.1) is 18.8 Å². The molecule has 0 bridgehead atoms. The second kappa shape index (κ2) is 5.96. The largest absolute Gasteiger partial charge is 0.394 e. The molecule has 0 radical (unpaired) electrons. The summed E-state index contributed by atoms with van der Waals surface area (Å²) in [7, 11) is 0. The van der Waals surface area contributed by atoms with Crippen LogP contribution in [0.5, 0.6) is 0 Å². The highest BCUT2D eigenvalue weighted by Gasteiger charge is 2.60. The molecule has 0 unspecified atom stereocenters. The van der Waals surface area contributed by atoms with Crippen LogP contribution in [-0.4, -0.2) is 34.1 Å². The Labute approximate surface area is 146 Å². The zero-order valence-corrected chi connectivity index (χ0v) is 15.5. The van der Waals surface area contributed by atoms with Crippen LogP contribution < -0.4 is 0 Å². The fraction of sp³-hybridized carbons (Fsp3) is 1.00. The summed E-state index contributed by atoms with van der Waals surface area (Å²) in [4.78, 5) is 0. The summed E-state index contributed by atoms with van der Waals surface area (Å²) in [6.45, 7) is 4.85. The number of aliphatic hydroxyl groups excluding tert-OH is 3. The molecule has 4 saturated carbocycles. The zero-order chi connectivity index (χ0) is 17.1. The molecule has 4 rings (SSSR count). The van der Waals surface area contributed by atoms with E-state index in [0.717, 1.165) is 37.0 Å². The third-order valence-electron chi connectivity index (χ3n) is 9.36. The maximum atomic E-state index is 10.3. The third kappa shape index (κ3) is 2.34. The third-order valence-corrected chi connectivity index (χ3v) is 9.36. The van der Waals surface area contributed by atoms with E-state index < -0.39 is 6.10 Å². The second-order valence-corrected chi connectivity index (χ2v) is 10.1. The highest BCUT2D eigenvalue weighted by Crippen LogP contribution is 2.67. The summed E-state index contributed by atoms with van der Waals surface area (Å²) < 4.78 is 0. The summed E-state index contributed by atoms with van der Waals surface area (Å²) in [6, 6.07) is 0. The van der Waals surface area contributed by atoms with Crippen molar-refractivity contribution >= 4 is 0 Å². The number of hydrogen-bond acceptors (Lipinski definition) is 3. The lowest BCUT2D eigenvalue weighted by atomic mass is 9.44. The van der Waals surface area contributed by atoms with Crippen LogP contribution in [0, 0.1) is 40.4 Å². The van der Waals surface area contributed by atoms with Gasteiger partial charge in [-0.05, 0) is 98.2 Å². The van der Waals surface area contributed by atoms with E-state index in [0.29, 0.717) is 11.3 Å². The molecule has 9 atom stereocenters. The summed E-state index contributed by atoms with van der Waals surface area (Å²) in [5.41, 5.74) is 0.651. The lowest BCUT2D eigenvalue weighted by Gasteiger charge is -2.61. The smallest absolute Gasteiger partial charge is 0.0804 e. The Bertz CT molecular complexity index is 480. The zero-order valence-electron chi connectivity index (χ0n) is 15.5. The first kappa shape index (κ1) is 17.3. The molecule has 0 aliphatic heterocycles. The Morgan fingerprint density at radius 1 is 0.917 bits per heavy atom. The van der Waals surface area contributed by atoms with E-state index in [1.807, 2.05) is 0 Å². The van der Waals surface area contributed by atoms with Crippen molar-refractivity contribution in [2.45, 2.75) is 83.8 Å². The molecule has 0 saturated heterocycles. The van der Waals surface area contributed by atoms with Gasteiger partial charge in [-0.25, -0.2) is 0 Å². The SMILES string of the molecule is C[C@]12CC[C@@H](O)C[C@@H]1CC[C@@H]1[C@@H]2CC[C@]2(C)[C@@H]([C@H](O)CO)CC[C@@H]12. The van der Waals surface area contributed by atoms with E-state index in [1.165, 1.54) is 38.5 Å². The normalized spacial score (nSPS) is 55.4. The van der Waals surface area contributed by atoms with E-state index in [4.69, 9.17) is 0 Å². The molecule has 0 aromatic heterocycles. The predicted molar refractivity (Wildman–Crippen MR) is 94.3 cm³/mol. The Hall–Kier alpha value is -0.120. The van der Waals surface area contributed by atoms with Crippen LogP contribution >= 0.6 is 0 Å². The van der Waals surface area contributed by atoms with Gasteiger partial charge < -0.3 is 15.3 Å². The monoisotopic (exact) mass is 336 g/mol. The minimum Gasteiger partial charge on any atom is -0.394 e. The van der Waals surface area contributed by atoms with Crippen LogP contribution in [0.3, 0.4) is 0 Å². The maximum Gasteiger partial charge on any atom is 0.0804 e. The Morgan fingerprint density at radius 3 is 2.38 bits per heavy atom. The van der Waals surface area contributed by atoms with E-state index in [1.54, 1.807) is 0 Å². The number of aliphatic hydroxyl groups is 3. The van der Waals surface area contributed by atoms with Crippen molar-refractivity contribution in [3.05, 3.63) is 0 Å². The number of rotatable bonds is 2. The maximum absolute atomic E-state index is 10.3. The summed E-state index contributed by atoms with van der Waals surface area (Å²) in [6.07, 6.45) is 10.0.